The van der Waals surface area contributed by atoms with Crippen LogP contribution in [0.4, 0.5) is 0 Å². The minimum atomic E-state index is -0.616. The van der Waals surface area contributed by atoms with Gasteiger partial charge in [-0.25, -0.2) is 4.90 Å². The van der Waals surface area contributed by atoms with Gasteiger partial charge in [0.2, 0.25) is 0 Å². The summed E-state index contributed by atoms with van der Waals surface area (Å²) in [6, 6.07) is 0. The van der Waals surface area contributed by atoms with Crippen molar-refractivity contribution in [2.45, 2.75) is 245 Å². The van der Waals surface area contributed by atoms with Crippen LogP contribution in [0.2, 0.25) is 0 Å². The molecule has 0 aromatic heterocycles. The van der Waals surface area contributed by atoms with E-state index in [1.54, 1.807) is 4.90 Å². The monoisotopic (exact) mass is 639 g/mol. The van der Waals surface area contributed by atoms with E-state index in [4.69, 9.17) is 5.73 Å². The molecule has 4 N–H and O–H groups in total. The Morgan fingerprint density at radius 2 is 0.667 bits per heavy atom. The SMILES string of the molecule is CCCCCCCCCCCCCCCCCCC(C)C(N)(CCCCCCCCCCCCCCCCCC)N(CO)CO. The second-order valence-electron chi connectivity index (χ2n) is 14.9. The molecule has 0 aliphatic heterocycles. The van der Waals surface area contributed by atoms with Crippen molar-refractivity contribution in [3.05, 3.63) is 0 Å². The molecule has 0 saturated carbocycles. The molecule has 45 heavy (non-hydrogen) atoms. The maximum absolute atomic E-state index is 9.94. The maximum atomic E-state index is 9.94. The molecule has 0 aromatic carbocycles. The van der Waals surface area contributed by atoms with Gasteiger partial charge < -0.3 is 15.9 Å². The van der Waals surface area contributed by atoms with Crippen molar-refractivity contribution in [2.75, 3.05) is 13.5 Å². The lowest BCUT2D eigenvalue weighted by Gasteiger charge is -2.43. The average molecular weight is 639 g/mol. The summed E-state index contributed by atoms with van der Waals surface area (Å²) in [6.07, 6.45) is 45.9. The lowest BCUT2D eigenvalue weighted by atomic mass is 9.84. The first kappa shape index (κ1) is 44.8. The Balaban J connectivity index is 3.85. The highest BCUT2D eigenvalue weighted by molar-refractivity contribution is 4.87. The molecule has 0 amide bonds. The molecule has 4 heteroatoms. The van der Waals surface area contributed by atoms with Gasteiger partial charge in [0.25, 0.3) is 0 Å². The Bertz CT molecular complexity index is 556. The highest BCUT2D eigenvalue weighted by Gasteiger charge is 2.36. The topological polar surface area (TPSA) is 69.7 Å². The van der Waals surface area contributed by atoms with Crippen molar-refractivity contribution in [1.82, 2.24) is 4.90 Å². The Morgan fingerprint density at radius 1 is 0.422 bits per heavy atom. The fourth-order valence-electron chi connectivity index (χ4n) is 7.23. The summed E-state index contributed by atoms with van der Waals surface area (Å²) in [5, 5.41) is 19.9. The van der Waals surface area contributed by atoms with Crippen molar-refractivity contribution in [3.63, 3.8) is 0 Å². The normalized spacial score (nSPS) is 13.9. The van der Waals surface area contributed by atoms with E-state index in [2.05, 4.69) is 20.8 Å². The fraction of sp³-hybridized carbons (Fsp3) is 1.00. The highest BCUT2D eigenvalue weighted by Crippen LogP contribution is 2.30. The number of unbranched alkanes of at least 4 members (excludes halogenated alkanes) is 30. The summed E-state index contributed by atoms with van der Waals surface area (Å²) in [6.45, 7) is 6.47. The molecule has 0 aliphatic carbocycles. The van der Waals surface area contributed by atoms with Crippen LogP contribution in [-0.2, 0) is 0 Å². The first-order chi connectivity index (χ1) is 22.1. The van der Waals surface area contributed by atoms with Gasteiger partial charge in [-0.2, -0.15) is 0 Å². The number of aliphatic hydroxyl groups excluding tert-OH is 2. The molecule has 2 unspecified atom stereocenters. The molecule has 0 rings (SSSR count). The van der Waals surface area contributed by atoms with Crippen molar-refractivity contribution < 1.29 is 10.2 Å². The van der Waals surface area contributed by atoms with E-state index >= 15 is 0 Å². The van der Waals surface area contributed by atoms with Crippen molar-refractivity contribution >= 4 is 0 Å². The van der Waals surface area contributed by atoms with Gasteiger partial charge >= 0.3 is 0 Å². The van der Waals surface area contributed by atoms with E-state index in [9.17, 15) is 10.2 Å². The first-order valence-corrected chi connectivity index (χ1v) is 20.8. The van der Waals surface area contributed by atoms with Gasteiger partial charge in [0.1, 0.15) is 0 Å². The molecule has 0 bridgehead atoms. The molecule has 272 valence electrons. The Kier molecular flexibility index (Phi) is 35.0. The summed E-state index contributed by atoms with van der Waals surface area (Å²) >= 11 is 0. The van der Waals surface area contributed by atoms with Crippen molar-refractivity contribution in [3.8, 4) is 0 Å². The Morgan fingerprint density at radius 3 is 0.933 bits per heavy atom. The van der Waals surface area contributed by atoms with Gasteiger partial charge in [-0.05, 0) is 18.8 Å². The maximum Gasteiger partial charge on any atom is 0.0989 e. The van der Waals surface area contributed by atoms with E-state index in [0.717, 1.165) is 19.3 Å². The minimum Gasteiger partial charge on any atom is -0.381 e. The number of nitrogens with two attached hydrogens (primary N) is 1. The molecule has 0 saturated heterocycles. The summed E-state index contributed by atoms with van der Waals surface area (Å²) in [5.41, 5.74) is 6.32. The van der Waals surface area contributed by atoms with Crippen LogP contribution in [0.1, 0.15) is 239 Å². The quantitative estimate of drug-likeness (QED) is 0.0465. The van der Waals surface area contributed by atoms with Crippen LogP contribution in [0.3, 0.4) is 0 Å². The lowest BCUT2D eigenvalue weighted by molar-refractivity contribution is -0.0802. The summed E-state index contributed by atoms with van der Waals surface area (Å²) < 4.78 is 0. The molecule has 2 atom stereocenters. The molecule has 0 radical (unpaired) electrons. The molecule has 0 aliphatic rings. The molecular formula is C41H86N2O2. The van der Waals surface area contributed by atoms with E-state index in [-0.39, 0.29) is 19.4 Å². The zero-order valence-electron chi connectivity index (χ0n) is 31.5. The van der Waals surface area contributed by atoms with E-state index < -0.39 is 5.66 Å². The molecular weight excluding hydrogens is 552 g/mol. The molecule has 4 nitrogen and oxygen atoms in total. The summed E-state index contributed by atoms with van der Waals surface area (Å²) in [4.78, 5) is 1.69. The van der Waals surface area contributed by atoms with Gasteiger partial charge in [0, 0.05) is 0 Å². The van der Waals surface area contributed by atoms with Gasteiger partial charge in [-0.3, -0.25) is 0 Å². The summed E-state index contributed by atoms with van der Waals surface area (Å²) in [7, 11) is 0. The fourth-order valence-corrected chi connectivity index (χ4v) is 7.23. The van der Waals surface area contributed by atoms with Crippen LogP contribution in [-0.4, -0.2) is 34.2 Å². The molecule has 0 heterocycles. The van der Waals surface area contributed by atoms with Crippen LogP contribution < -0.4 is 5.73 Å². The third-order valence-corrected chi connectivity index (χ3v) is 10.7. The first-order valence-electron chi connectivity index (χ1n) is 20.8. The highest BCUT2D eigenvalue weighted by atomic mass is 16.3. The largest absolute Gasteiger partial charge is 0.381 e. The number of nitrogens with zero attached hydrogens (tertiary/aromatic N) is 1. The van der Waals surface area contributed by atoms with Gasteiger partial charge in [-0.1, -0.05) is 226 Å². The van der Waals surface area contributed by atoms with Gasteiger partial charge in [-0.15, -0.1) is 0 Å². The summed E-state index contributed by atoms with van der Waals surface area (Å²) in [5.74, 6) is 0.264. The van der Waals surface area contributed by atoms with Crippen molar-refractivity contribution in [1.29, 1.82) is 0 Å². The van der Waals surface area contributed by atoms with Crippen LogP contribution in [0, 0.1) is 5.92 Å². The third kappa shape index (κ3) is 27.5. The molecule has 0 aromatic rings. The Labute approximate surface area is 284 Å². The second kappa shape index (κ2) is 35.2. The van der Waals surface area contributed by atoms with Crippen LogP contribution in [0.15, 0.2) is 0 Å². The third-order valence-electron chi connectivity index (χ3n) is 10.7. The average Bonchev–Trinajstić information content (AvgIpc) is 3.04. The lowest BCUT2D eigenvalue weighted by Crippen LogP contribution is -2.60. The van der Waals surface area contributed by atoms with Gasteiger partial charge in [0.05, 0.1) is 19.1 Å². The number of rotatable bonds is 38. The molecule has 0 spiro atoms. The smallest absolute Gasteiger partial charge is 0.0989 e. The second-order valence-corrected chi connectivity index (χ2v) is 14.9. The van der Waals surface area contributed by atoms with Crippen LogP contribution in [0.5, 0.6) is 0 Å². The Hall–Kier alpha value is -0.160. The van der Waals surface area contributed by atoms with Crippen molar-refractivity contribution in [2.24, 2.45) is 11.7 Å². The predicted octanol–water partition coefficient (Wildman–Crippen LogP) is 12.8. The number of aliphatic hydroxyl groups is 2. The number of hydrogen-bond acceptors (Lipinski definition) is 4. The van der Waals surface area contributed by atoms with Crippen LogP contribution in [0.25, 0.3) is 0 Å². The number of hydrogen-bond donors (Lipinski definition) is 3. The predicted molar refractivity (Wildman–Crippen MR) is 200 cm³/mol. The molecule has 0 fully saturated rings. The van der Waals surface area contributed by atoms with Crippen LogP contribution >= 0.6 is 0 Å². The van der Waals surface area contributed by atoms with E-state index in [1.807, 2.05) is 0 Å². The standard InChI is InChI=1S/C41H86N2O2/c1-4-6-8-10-12-14-16-18-20-22-24-26-28-30-32-34-36-40(3)41(42,43(38-44)39-45)37-35-33-31-29-27-25-23-21-19-17-15-13-11-9-7-5-2/h40,44-45H,4-39,42H2,1-3H3. The van der Waals surface area contributed by atoms with Gasteiger partial charge in [0.15, 0.2) is 0 Å². The van der Waals surface area contributed by atoms with E-state index in [1.165, 1.54) is 199 Å². The zero-order chi connectivity index (χ0) is 33.1. The zero-order valence-corrected chi connectivity index (χ0v) is 31.5. The minimum absolute atomic E-state index is 0.171. The van der Waals surface area contributed by atoms with E-state index in [0.29, 0.717) is 0 Å².